The molecule has 0 amide bonds. The summed E-state index contributed by atoms with van der Waals surface area (Å²) in [6.07, 6.45) is 8.24. The first-order chi connectivity index (χ1) is 7.86. The van der Waals surface area contributed by atoms with Gasteiger partial charge in [-0.05, 0) is 25.7 Å². The summed E-state index contributed by atoms with van der Waals surface area (Å²) in [5, 5.41) is 3.18. The van der Waals surface area contributed by atoms with Crippen molar-refractivity contribution < 1.29 is 4.74 Å². The number of ether oxygens (including phenoxy) is 1. The van der Waals surface area contributed by atoms with Crippen LogP contribution in [-0.2, 0) is 4.74 Å². The second-order valence-electron chi connectivity index (χ2n) is 3.99. The predicted molar refractivity (Wildman–Crippen MR) is 63.1 cm³/mol. The molecule has 3 N–H and O–H groups in total. The Morgan fingerprint density at radius 1 is 1.38 bits per heavy atom. The Balaban J connectivity index is 1.73. The van der Waals surface area contributed by atoms with Crippen LogP contribution in [0, 0.1) is 0 Å². The maximum Gasteiger partial charge on any atom is 0.168 e. The molecule has 88 valence electrons. The number of hydrogen-bond acceptors (Lipinski definition) is 5. The highest BCUT2D eigenvalue weighted by atomic mass is 16.5. The quantitative estimate of drug-likeness (QED) is 0.806. The van der Waals surface area contributed by atoms with E-state index in [2.05, 4.69) is 15.3 Å². The molecule has 0 aliphatic carbocycles. The number of hydrogen-bond donors (Lipinski definition) is 2. The standard InChI is InChI=1S/C11H18N4O/c12-10-11(15-7-6-13-10)14-5-4-9-3-1-2-8-16-9/h6-7,9H,1-5,8H2,(H2,12,13)(H,14,15). The monoisotopic (exact) mass is 222 g/mol. The highest BCUT2D eigenvalue weighted by molar-refractivity contribution is 5.54. The number of nitrogens with one attached hydrogen (secondary N) is 1. The summed E-state index contributed by atoms with van der Waals surface area (Å²) in [7, 11) is 0. The fourth-order valence-corrected chi connectivity index (χ4v) is 1.87. The van der Waals surface area contributed by atoms with Crippen molar-refractivity contribution in [1.82, 2.24) is 9.97 Å². The van der Waals surface area contributed by atoms with Crippen LogP contribution in [0.4, 0.5) is 11.6 Å². The summed E-state index contributed by atoms with van der Waals surface area (Å²) in [6, 6.07) is 0. The summed E-state index contributed by atoms with van der Waals surface area (Å²) in [5.41, 5.74) is 5.67. The van der Waals surface area contributed by atoms with Gasteiger partial charge in [0.15, 0.2) is 11.6 Å². The summed E-state index contributed by atoms with van der Waals surface area (Å²) in [5.74, 6) is 1.12. The van der Waals surface area contributed by atoms with Crippen molar-refractivity contribution >= 4 is 11.6 Å². The highest BCUT2D eigenvalue weighted by Gasteiger charge is 2.13. The van der Waals surface area contributed by atoms with Crippen molar-refractivity contribution in [2.45, 2.75) is 31.8 Å². The number of aromatic nitrogens is 2. The molecule has 2 rings (SSSR count). The van der Waals surface area contributed by atoms with E-state index in [9.17, 15) is 0 Å². The van der Waals surface area contributed by atoms with Gasteiger partial charge in [-0.15, -0.1) is 0 Å². The maximum atomic E-state index is 5.67. The number of nitrogen functional groups attached to an aromatic ring is 1. The molecule has 0 bridgehead atoms. The average Bonchev–Trinajstić information content (AvgIpc) is 2.33. The first kappa shape index (κ1) is 11.1. The van der Waals surface area contributed by atoms with Crippen LogP contribution in [0.2, 0.25) is 0 Å². The minimum Gasteiger partial charge on any atom is -0.381 e. The Kier molecular flexibility index (Phi) is 3.93. The molecule has 5 heteroatoms. The lowest BCUT2D eigenvalue weighted by Crippen LogP contribution is -2.22. The van der Waals surface area contributed by atoms with Crippen molar-refractivity contribution in [1.29, 1.82) is 0 Å². The van der Waals surface area contributed by atoms with E-state index in [4.69, 9.17) is 10.5 Å². The molecule has 2 heterocycles. The lowest BCUT2D eigenvalue weighted by Gasteiger charge is -2.22. The van der Waals surface area contributed by atoms with Gasteiger partial charge in [-0.3, -0.25) is 0 Å². The van der Waals surface area contributed by atoms with E-state index in [0.717, 1.165) is 26.0 Å². The van der Waals surface area contributed by atoms with Gasteiger partial charge in [0.05, 0.1) is 6.10 Å². The van der Waals surface area contributed by atoms with Gasteiger partial charge in [0.25, 0.3) is 0 Å². The zero-order valence-electron chi connectivity index (χ0n) is 9.35. The Hall–Kier alpha value is -1.36. The summed E-state index contributed by atoms with van der Waals surface area (Å²) in [6.45, 7) is 1.73. The van der Waals surface area contributed by atoms with Gasteiger partial charge in [-0.25, -0.2) is 9.97 Å². The molecular weight excluding hydrogens is 204 g/mol. The molecule has 5 nitrogen and oxygen atoms in total. The fraction of sp³-hybridized carbons (Fsp3) is 0.636. The molecule has 0 spiro atoms. The van der Waals surface area contributed by atoms with Crippen LogP contribution in [0.25, 0.3) is 0 Å². The van der Waals surface area contributed by atoms with Gasteiger partial charge in [-0.2, -0.15) is 0 Å². The molecule has 1 aliphatic heterocycles. The van der Waals surface area contributed by atoms with Crippen LogP contribution in [0.15, 0.2) is 12.4 Å². The van der Waals surface area contributed by atoms with E-state index < -0.39 is 0 Å². The van der Waals surface area contributed by atoms with Crippen molar-refractivity contribution in [3.63, 3.8) is 0 Å². The third kappa shape index (κ3) is 3.06. The first-order valence-electron chi connectivity index (χ1n) is 5.78. The van der Waals surface area contributed by atoms with E-state index >= 15 is 0 Å². The van der Waals surface area contributed by atoms with E-state index in [1.54, 1.807) is 12.4 Å². The largest absolute Gasteiger partial charge is 0.381 e. The zero-order valence-corrected chi connectivity index (χ0v) is 9.35. The summed E-state index contributed by atoms with van der Waals surface area (Å²) in [4.78, 5) is 8.09. The summed E-state index contributed by atoms with van der Waals surface area (Å²) < 4.78 is 5.64. The first-order valence-corrected chi connectivity index (χ1v) is 5.78. The molecule has 1 aromatic heterocycles. The zero-order chi connectivity index (χ0) is 11.2. The highest BCUT2D eigenvalue weighted by Crippen LogP contribution is 2.16. The maximum absolute atomic E-state index is 5.67. The third-order valence-electron chi connectivity index (χ3n) is 2.76. The Bertz CT molecular complexity index is 326. The van der Waals surface area contributed by atoms with Crippen molar-refractivity contribution in [3.05, 3.63) is 12.4 Å². The van der Waals surface area contributed by atoms with Crippen LogP contribution in [0.3, 0.4) is 0 Å². The van der Waals surface area contributed by atoms with E-state index in [1.807, 2.05) is 0 Å². The van der Waals surface area contributed by atoms with Gasteiger partial charge in [0, 0.05) is 25.5 Å². The van der Waals surface area contributed by atoms with Gasteiger partial charge >= 0.3 is 0 Å². The summed E-state index contributed by atoms with van der Waals surface area (Å²) >= 11 is 0. The third-order valence-corrected chi connectivity index (χ3v) is 2.76. The van der Waals surface area contributed by atoms with Crippen LogP contribution in [-0.4, -0.2) is 29.2 Å². The number of nitrogens with zero attached hydrogens (tertiary/aromatic N) is 2. The minimum absolute atomic E-state index is 0.388. The van der Waals surface area contributed by atoms with E-state index in [0.29, 0.717) is 17.7 Å². The normalized spacial score (nSPS) is 20.6. The average molecular weight is 222 g/mol. The van der Waals surface area contributed by atoms with Crippen LogP contribution in [0.5, 0.6) is 0 Å². The molecule has 0 radical (unpaired) electrons. The van der Waals surface area contributed by atoms with Gasteiger partial charge in [0.1, 0.15) is 0 Å². The van der Waals surface area contributed by atoms with Gasteiger partial charge in [-0.1, -0.05) is 0 Å². The molecule has 16 heavy (non-hydrogen) atoms. The van der Waals surface area contributed by atoms with Crippen molar-refractivity contribution in [3.8, 4) is 0 Å². The number of nitrogens with two attached hydrogens (primary N) is 1. The predicted octanol–water partition coefficient (Wildman–Crippen LogP) is 1.43. The molecule has 1 atom stereocenters. The lowest BCUT2D eigenvalue weighted by atomic mass is 10.1. The number of anilines is 2. The smallest absolute Gasteiger partial charge is 0.168 e. The topological polar surface area (TPSA) is 73.1 Å². The van der Waals surface area contributed by atoms with Gasteiger partial charge in [0.2, 0.25) is 0 Å². The number of rotatable bonds is 4. The van der Waals surface area contributed by atoms with E-state index in [1.165, 1.54) is 12.8 Å². The second kappa shape index (κ2) is 5.65. The molecular formula is C11H18N4O. The van der Waals surface area contributed by atoms with Crippen LogP contribution >= 0.6 is 0 Å². The molecule has 0 saturated carbocycles. The Labute approximate surface area is 95.4 Å². The van der Waals surface area contributed by atoms with Crippen LogP contribution in [0.1, 0.15) is 25.7 Å². The molecule has 1 saturated heterocycles. The molecule has 1 aliphatic rings. The molecule has 1 unspecified atom stereocenters. The van der Waals surface area contributed by atoms with Crippen LogP contribution < -0.4 is 11.1 Å². The van der Waals surface area contributed by atoms with E-state index in [-0.39, 0.29) is 0 Å². The fourth-order valence-electron chi connectivity index (χ4n) is 1.87. The SMILES string of the molecule is Nc1nccnc1NCCC1CCCCO1. The van der Waals surface area contributed by atoms with Gasteiger partial charge < -0.3 is 15.8 Å². The Morgan fingerprint density at radius 2 is 2.25 bits per heavy atom. The molecule has 0 aromatic carbocycles. The second-order valence-corrected chi connectivity index (χ2v) is 3.99. The lowest BCUT2D eigenvalue weighted by molar-refractivity contribution is 0.0134. The minimum atomic E-state index is 0.388. The van der Waals surface area contributed by atoms with Crippen molar-refractivity contribution in [2.75, 3.05) is 24.2 Å². The molecule has 1 aromatic rings. The van der Waals surface area contributed by atoms with Crippen molar-refractivity contribution in [2.24, 2.45) is 0 Å². The Morgan fingerprint density at radius 3 is 3.00 bits per heavy atom. The molecule has 1 fully saturated rings.